The second-order valence-corrected chi connectivity index (χ2v) is 5.38. The van der Waals surface area contributed by atoms with Crippen LogP contribution in [0.4, 0.5) is 0 Å². The van der Waals surface area contributed by atoms with E-state index in [2.05, 4.69) is 51.0 Å². The zero-order valence-corrected chi connectivity index (χ0v) is 11.2. The average Bonchev–Trinajstić information content (AvgIpc) is 2.87. The van der Waals surface area contributed by atoms with E-state index in [9.17, 15) is 0 Å². The van der Waals surface area contributed by atoms with Crippen LogP contribution >= 0.6 is 15.9 Å². The number of aromatic amines is 1. The number of nitrogens with two attached hydrogens (primary N) is 1. The molecule has 0 amide bonds. The van der Waals surface area contributed by atoms with Crippen molar-refractivity contribution in [2.75, 3.05) is 6.54 Å². The van der Waals surface area contributed by atoms with Crippen LogP contribution in [-0.4, -0.2) is 16.5 Å². The van der Waals surface area contributed by atoms with E-state index in [1.54, 1.807) is 0 Å². The van der Waals surface area contributed by atoms with Crippen molar-refractivity contribution in [2.24, 2.45) is 5.73 Å². The lowest BCUT2D eigenvalue weighted by Gasteiger charge is -2.05. The van der Waals surface area contributed by atoms with E-state index < -0.39 is 0 Å². The van der Waals surface area contributed by atoms with Crippen molar-refractivity contribution in [2.45, 2.75) is 19.3 Å². The number of halogens is 1. The third-order valence-corrected chi connectivity index (χ3v) is 4.09. The first kappa shape index (κ1) is 11.0. The summed E-state index contributed by atoms with van der Waals surface area (Å²) in [5, 5.41) is 0. The maximum atomic E-state index is 5.67. The smallest absolute Gasteiger partial charge is 0.111 e. The largest absolute Gasteiger partial charge is 0.345 e. The van der Waals surface area contributed by atoms with E-state index in [1.165, 1.54) is 16.8 Å². The molecule has 1 aromatic carbocycles. The van der Waals surface area contributed by atoms with Gasteiger partial charge in [0.1, 0.15) is 5.82 Å². The van der Waals surface area contributed by atoms with Crippen LogP contribution < -0.4 is 5.73 Å². The second kappa shape index (κ2) is 3.96. The molecule has 2 aromatic rings. The molecular weight excluding hydrogens is 278 g/mol. The summed E-state index contributed by atoms with van der Waals surface area (Å²) >= 11 is 3.59. The van der Waals surface area contributed by atoms with Gasteiger partial charge in [0.25, 0.3) is 0 Å². The number of H-pyrrole nitrogens is 1. The fourth-order valence-corrected chi connectivity index (χ4v) is 2.77. The molecule has 1 atom stereocenters. The minimum atomic E-state index is 0.288. The Morgan fingerprint density at radius 3 is 3.12 bits per heavy atom. The number of aromatic nitrogens is 2. The van der Waals surface area contributed by atoms with Crippen molar-refractivity contribution in [3.8, 4) is 11.3 Å². The van der Waals surface area contributed by atoms with Crippen LogP contribution in [0.1, 0.15) is 29.9 Å². The second-order valence-electron chi connectivity index (χ2n) is 4.53. The average molecular weight is 292 g/mol. The van der Waals surface area contributed by atoms with Gasteiger partial charge in [-0.15, -0.1) is 0 Å². The van der Waals surface area contributed by atoms with Gasteiger partial charge in [-0.25, -0.2) is 4.98 Å². The Kier molecular flexibility index (Phi) is 2.56. The van der Waals surface area contributed by atoms with Gasteiger partial charge >= 0.3 is 0 Å². The first-order valence-electron chi connectivity index (χ1n) is 5.77. The fourth-order valence-electron chi connectivity index (χ4n) is 2.26. The number of hydrogen-bond acceptors (Lipinski definition) is 2. The van der Waals surface area contributed by atoms with Gasteiger partial charge in [0, 0.05) is 34.6 Å². The molecular formula is C13H14BrN3. The van der Waals surface area contributed by atoms with E-state index in [1.807, 2.05) is 0 Å². The van der Waals surface area contributed by atoms with Crippen LogP contribution in [0.5, 0.6) is 0 Å². The molecule has 17 heavy (non-hydrogen) atoms. The molecule has 1 aliphatic carbocycles. The highest BCUT2D eigenvalue weighted by atomic mass is 79.9. The predicted octanol–water partition coefficient (Wildman–Crippen LogP) is 2.81. The molecule has 0 spiro atoms. The lowest BCUT2D eigenvalue weighted by atomic mass is 10.1. The number of benzene rings is 1. The van der Waals surface area contributed by atoms with Gasteiger partial charge < -0.3 is 10.7 Å². The molecule has 4 heteroatoms. The summed E-state index contributed by atoms with van der Waals surface area (Å²) in [6.07, 6.45) is 0.927. The van der Waals surface area contributed by atoms with Crippen LogP contribution in [-0.2, 0) is 6.42 Å². The van der Waals surface area contributed by atoms with Crippen LogP contribution in [0, 0.1) is 0 Å². The molecule has 0 saturated heterocycles. The summed E-state index contributed by atoms with van der Waals surface area (Å²) in [6.45, 7) is 2.72. The predicted molar refractivity (Wildman–Crippen MR) is 72.0 cm³/mol. The minimum absolute atomic E-state index is 0.288. The van der Waals surface area contributed by atoms with E-state index in [0.29, 0.717) is 6.54 Å². The van der Waals surface area contributed by atoms with Crippen LogP contribution in [0.15, 0.2) is 22.7 Å². The van der Waals surface area contributed by atoms with Gasteiger partial charge in [0.15, 0.2) is 0 Å². The summed E-state index contributed by atoms with van der Waals surface area (Å²) in [5.74, 6) is 1.29. The molecule has 0 aliphatic heterocycles. The van der Waals surface area contributed by atoms with Gasteiger partial charge in [-0.3, -0.25) is 0 Å². The van der Waals surface area contributed by atoms with Crippen molar-refractivity contribution in [1.29, 1.82) is 0 Å². The first-order chi connectivity index (χ1) is 8.20. The van der Waals surface area contributed by atoms with Gasteiger partial charge in [-0.2, -0.15) is 0 Å². The number of imidazole rings is 1. The van der Waals surface area contributed by atoms with Gasteiger partial charge in [0.2, 0.25) is 0 Å². The number of hydrogen-bond donors (Lipinski definition) is 2. The molecule has 1 aliphatic rings. The summed E-state index contributed by atoms with van der Waals surface area (Å²) in [5.41, 5.74) is 10.5. The first-order valence-corrected chi connectivity index (χ1v) is 6.56. The molecule has 0 radical (unpaired) electrons. The maximum absolute atomic E-state index is 5.67. The Hall–Kier alpha value is -1.13. The van der Waals surface area contributed by atoms with E-state index in [4.69, 9.17) is 5.73 Å². The Morgan fingerprint density at radius 2 is 2.35 bits per heavy atom. The number of fused-ring (bicyclic) bond motifs is 3. The van der Waals surface area contributed by atoms with Crippen molar-refractivity contribution < 1.29 is 0 Å². The topological polar surface area (TPSA) is 54.7 Å². The summed E-state index contributed by atoms with van der Waals surface area (Å²) in [6, 6.07) is 6.26. The van der Waals surface area contributed by atoms with Crippen LogP contribution in [0.3, 0.4) is 0 Å². The summed E-state index contributed by atoms with van der Waals surface area (Å²) in [7, 11) is 0. The van der Waals surface area contributed by atoms with Crippen molar-refractivity contribution in [3.63, 3.8) is 0 Å². The van der Waals surface area contributed by atoms with Crippen LogP contribution in [0.25, 0.3) is 11.3 Å². The Balaban J connectivity index is 2.09. The highest BCUT2D eigenvalue weighted by Crippen LogP contribution is 2.39. The Morgan fingerprint density at radius 1 is 1.53 bits per heavy atom. The summed E-state index contributed by atoms with van der Waals surface area (Å²) < 4.78 is 1.16. The molecule has 3 nitrogen and oxygen atoms in total. The Bertz CT molecular complexity index is 574. The van der Waals surface area contributed by atoms with Crippen molar-refractivity contribution >= 4 is 15.9 Å². The molecule has 1 aromatic heterocycles. The van der Waals surface area contributed by atoms with Crippen molar-refractivity contribution in [1.82, 2.24) is 9.97 Å². The highest BCUT2D eigenvalue weighted by molar-refractivity contribution is 9.10. The molecule has 3 rings (SSSR count). The van der Waals surface area contributed by atoms with E-state index >= 15 is 0 Å². The molecule has 0 saturated carbocycles. The maximum Gasteiger partial charge on any atom is 0.111 e. The van der Waals surface area contributed by atoms with E-state index in [0.717, 1.165) is 22.4 Å². The zero-order chi connectivity index (χ0) is 12.0. The lowest BCUT2D eigenvalue weighted by molar-refractivity contribution is 0.722. The third-order valence-electron chi connectivity index (χ3n) is 3.34. The van der Waals surface area contributed by atoms with Crippen LogP contribution in [0.2, 0.25) is 0 Å². The normalized spacial score (nSPS) is 14.5. The van der Waals surface area contributed by atoms with Crippen molar-refractivity contribution in [3.05, 3.63) is 39.8 Å². The van der Waals surface area contributed by atoms with Gasteiger partial charge in [-0.1, -0.05) is 35.0 Å². The number of nitrogens with zero attached hydrogens (tertiary/aromatic N) is 1. The van der Waals surface area contributed by atoms with Gasteiger partial charge in [0.05, 0.1) is 5.69 Å². The highest BCUT2D eigenvalue weighted by Gasteiger charge is 2.25. The number of rotatable bonds is 2. The molecule has 1 unspecified atom stereocenters. The quantitative estimate of drug-likeness (QED) is 0.763. The molecule has 88 valence electrons. The fraction of sp³-hybridized carbons (Fsp3) is 0.308. The molecule has 1 heterocycles. The lowest BCUT2D eigenvalue weighted by Crippen LogP contribution is -2.10. The van der Waals surface area contributed by atoms with E-state index in [-0.39, 0.29) is 5.92 Å². The minimum Gasteiger partial charge on any atom is -0.345 e. The SMILES string of the molecule is CC(CN)c1nc2c([nH]1)Cc1c(Br)cccc1-2. The molecule has 3 N–H and O–H groups in total. The Labute approximate surface area is 109 Å². The third kappa shape index (κ3) is 1.63. The zero-order valence-electron chi connectivity index (χ0n) is 9.63. The van der Waals surface area contributed by atoms with Gasteiger partial charge in [-0.05, 0) is 11.6 Å². The number of nitrogens with one attached hydrogen (secondary N) is 1. The monoisotopic (exact) mass is 291 g/mol. The summed E-state index contributed by atoms with van der Waals surface area (Å²) in [4.78, 5) is 8.09. The molecule has 0 bridgehead atoms. The molecule has 0 fully saturated rings. The standard InChI is InChI=1S/C13H14BrN3/c1-7(6-15)13-16-11-5-9-8(12(11)17-13)3-2-4-10(9)14/h2-4,7H,5-6,15H2,1H3,(H,16,17).